The molecule has 0 spiro atoms. The zero-order valence-corrected chi connectivity index (χ0v) is 15.5. The van der Waals surface area contributed by atoms with E-state index in [1.165, 1.54) is 32.1 Å². The fourth-order valence-electron chi connectivity index (χ4n) is 1.35. The van der Waals surface area contributed by atoms with Gasteiger partial charge in [-0.1, -0.05) is 59.8 Å². The van der Waals surface area contributed by atoms with E-state index in [2.05, 4.69) is 13.8 Å². The second-order valence-corrected chi connectivity index (χ2v) is 4.46. The van der Waals surface area contributed by atoms with Crippen LogP contribution in [-0.4, -0.2) is 22.2 Å². The third kappa shape index (κ3) is 14.6. The van der Waals surface area contributed by atoms with E-state index in [9.17, 15) is 9.59 Å². The molecule has 0 fully saturated rings. The Hall–Kier alpha value is 0.576. The maximum Gasteiger partial charge on any atom is 1.00 e. The molecule has 18 heavy (non-hydrogen) atoms. The van der Waals surface area contributed by atoms with Crippen molar-refractivity contribution >= 4 is 11.9 Å². The molecule has 0 unspecified atom stereocenters. The van der Waals surface area contributed by atoms with E-state index in [-0.39, 0.29) is 58.7 Å². The van der Waals surface area contributed by atoms with Crippen LogP contribution in [0.4, 0.5) is 0 Å². The molecule has 104 valence electrons. The average molecular weight is 286 g/mol. The molecule has 0 rings (SSSR count). The molecule has 4 nitrogen and oxygen atoms in total. The molecular formula is C13H27KO4. The molecule has 0 saturated heterocycles. The molecule has 0 aromatic carbocycles. The number of carboxylic acid groups (broad SMARTS) is 2. The Kier molecular flexibility index (Phi) is 20.5. The minimum Gasteiger partial charge on any atom is -1.00 e. The van der Waals surface area contributed by atoms with Gasteiger partial charge in [0.25, 0.3) is 0 Å². The molecule has 0 atom stereocenters. The van der Waals surface area contributed by atoms with E-state index in [4.69, 9.17) is 10.2 Å². The first-order valence-electron chi connectivity index (χ1n) is 6.34. The van der Waals surface area contributed by atoms with Gasteiger partial charge in [0.15, 0.2) is 5.92 Å². The van der Waals surface area contributed by atoms with Crippen LogP contribution in [-0.2, 0) is 9.59 Å². The van der Waals surface area contributed by atoms with Crippen LogP contribution in [0.25, 0.3) is 0 Å². The Balaban J connectivity index is -0.000000112. The normalized spacial score (nSPS) is 9.44. The number of carbonyl (C=O) groups is 2. The molecule has 0 radical (unpaired) electrons. The molecule has 0 heterocycles. The summed E-state index contributed by atoms with van der Waals surface area (Å²) >= 11 is 0. The summed E-state index contributed by atoms with van der Waals surface area (Å²) in [4.78, 5) is 20.4. The maximum atomic E-state index is 10.2. The summed E-state index contributed by atoms with van der Waals surface area (Å²) in [5, 5.41) is 16.7. The molecule has 0 bridgehead atoms. The minimum absolute atomic E-state index is 0. The molecule has 0 amide bonds. The molecule has 0 aliphatic heterocycles. The van der Waals surface area contributed by atoms with Gasteiger partial charge in [0.05, 0.1) is 0 Å². The quantitative estimate of drug-likeness (QED) is 0.406. The first-order valence-corrected chi connectivity index (χ1v) is 6.34. The van der Waals surface area contributed by atoms with E-state index in [0.717, 1.165) is 0 Å². The van der Waals surface area contributed by atoms with Crippen LogP contribution >= 0.6 is 0 Å². The zero-order chi connectivity index (χ0) is 13.8. The van der Waals surface area contributed by atoms with Crippen molar-refractivity contribution in [2.75, 3.05) is 0 Å². The Labute approximate surface area is 154 Å². The van der Waals surface area contributed by atoms with Gasteiger partial charge >= 0.3 is 63.3 Å². The third-order valence-electron chi connectivity index (χ3n) is 2.41. The van der Waals surface area contributed by atoms with Crippen molar-refractivity contribution in [2.24, 2.45) is 11.8 Å². The predicted octanol–water partition coefficient (Wildman–Crippen LogP) is 0.521. The van der Waals surface area contributed by atoms with E-state index in [1.807, 2.05) is 0 Å². The summed E-state index contributed by atoms with van der Waals surface area (Å²) in [7, 11) is 0. The van der Waals surface area contributed by atoms with Gasteiger partial charge in [0.1, 0.15) is 0 Å². The maximum absolute atomic E-state index is 10.2. The molecule has 0 aromatic rings. The summed E-state index contributed by atoms with van der Waals surface area (Å²) in [5.74, 6) is -4.19. The fraction of sp³-hybridized carbons (Fsp3) is 0.846. The number of aliphatic carboxylic acids is 2. The standard InChI is InChI=1S/C7H16.C6H10O4.K.H/c1-3-5-7-6-4-2;1-3(2)4(5(7)8)6(9)10;;/h3-7H2,1-2H3;3-4H,1-2H3,(H,7,8)(H,9,10);;/q;;+1;-1. The number of hydrogen-bond donors (Lipinski definition) is 2. The zero-order valence-electron chi connectivity index (χ0n) is 13.4. The number of hydrogen-bond acceptors (Lipinski definition) is 2. The molecule has 0 aromatic heterocycles. The van der Waals surface area contributed by atoms with Gasteiger partial charge in [-0.15, -0.1) is 0 Å². The fourth-order valence-corrected chi connectivity index (χ4v) is 1.35. The van der Waals surface area contributed by atoms with Crippen molar-refractivity contribution in [3.05, 3.63) is 0 Å². The van der Waals surface area contributed by atoms with Gasteiger partial charge in [-0.3, -0.25) is 9.59 Å². The Bertz CT molecular complexity index is 205. The van der Waals surface area contributed by atoms with Crippen molar-refractivity contribution in [1.82, 2.24) is 0 Å². The second kappa shape index (κ2) is 15.6. The Morgan fingerprint density at radius 1 is 0.944 bits per heavy atom. The van der Waals surface area contributed by atoms with Crippen molar-refractivity contribution in [2.45, 2.75) is 59.8 Å². The first kappa shape index (κ1) is 23.7. The molecule has 0 aliphatic carbocycles. The van der Waals surface area contributed by atoms with Gasteiger partial charge in [-0.25, -0.2) is 0 Å². The summed E-state index contributed by atoms with van der Waals surface area (Å²) in [6.45, 7) is 7.62. The largest absolute Gasteiger partial charge is 1.00 e. The smallest absolute Gasteiger partial charge is 1.00 e. The molecule has 5 heteroatoms. The van der Waals surface area contributed by atoms with Crippen LogP contribution < -0.4 is 51.4 Å². The minimum atomic E-state index is -1.28. The second-order valence-electron chi connectivity index (χ2n) is 4.46. The van der Waals surface area contributed by atoms with E-state index >= 15 is 0 Å². The molecule has 0 saturated carbocycles. The van der Waals surface area contributed by atoms with Gasteiger partial charge in [-0.2, -0.15) is 0 Å². The molecular weight excluding hydrogens is 259 g/mol. The molecule has 0 aliphatic rings. The number of carboxylic acids is 2. The van der Waals surface area contributed by atoms with Crippen LogP contribution in [0.15, 0.2) is 0 Å². The molecule has 2 N–H and O–H groups in total. The van der Waals surface area contributed by atoms with Gasteiger partial charge < -0.3 is 11.6 Å². The summed E-state index contributed by atoms with van der Waals surface area (Å²) in [5.41, 5.74) is 0. The third-order valence-corrected chi connectivity index (χ3v) is 2.41. The van der Waals surface area contributed by atoms with Crippen molar-refractivity contribution in [3.8, 4) is 0 Å². The summed E-state index contributed by atoms with van der Waals surface area (Å²) in [6.07, 6.45) is 7.01. The monoisotopic (exact) mass is 286 g/mol. The van der Waals surface area contributed by atoms with Crippen LogP contribution in [0.5, 0.6) is 0 Å². The van der Waals surface area contributed by atoms with Crippen LogP contribution in [0.3, 0.4) is 0 Å². The van der Waals surface area contributed by atoms with Gasteiger partial charge in [0, 0.05) is 0 Å². The van der Waals surface area contributed by atoms with E-state index < -0.39 is 17.9 Å². The topological polar surface area (TPSA) is 74.6 Å². The van der Waals surface area contributed by atoms with Crippen LogP contribution in [0.2, 0.25) is 0 Å². The van der Waals surface area contributed by atoms with Gasteiger partial charge in [0.2, 0.25) is 0 Å². The number of rotatable bonds is 7. The first-order chi connectivity index (χ1) is 7.88. The van der Waals surface area contributed by atoms with Crippen LogP contribution in [0, 0.1) is 11.8 Å². The van der Waals surface area contributed by atoms with Crippen molar-refractivity contribution in [1.29, 1.82) is 0 Å². The Morgan fingerprint density at radius 3 is 1.39 bits per heavy atom. The Morgan fingerprint density at radius 2 is 1.28 bits per heavy atom. The van der Waals surface area contributed by atoms with Crippen molar-refractivity contribution < 1.29 is 72.6 Å². The van der Waals surface area contributed by atoms with Crippen LogP contribution in [0.1, 0.15) is 61.2 Å². The average Bonchev–Trinajstić information content (AvgIpc) is 2.17. The predicted molar refractivity (Wildman–Crippen MR) is 69.1 cm³/mol. The number of unbranched alkanes of at least 4 members (excludes halogenated alkanes) is 4. The summed E-state index contributed by atoms with van der Waals surface area (Å²) in [6, 6.07) is 0. The van der Waals surface area contributed by atoms with E-state index in [1.54, 1.807) is 13.8 Å². The van der Waals surface area contributed by atoms with E-state index in [0.29, 0.717) is 0 Å². The van der Waals surface area contributed by atoms with Crippen molar-refractivity contribution in [3.63, 3.8) is 0 Å². The SMILES string of the molecule is CC(C)C(C(=O)O)C(=O)O.CCCCCCC.[H-].[K+]. The summed E-state index contributed by atoms with van der Waals surface area (Å²) < 4.78 is 0. The van der Waals surface area contributed by atoms with Gasteiger partial charge in [-0.05, 0) is 5.92 Å².